The van der Waals surface area contributed by atoms with Gasteiger partial charge in [-0.2, -0.15) is 0 Å². The van der Waals surface area contributed by atoms with E-state index in [4.69, 9.17) is 4.74 Å². The first-order valence-corrected chi connectivity index (χ1v) is 6.36. The Labute approximate surface area is 98.8 Å². The zero-order valence-corrected chi connectivity index (χ0v) is 11.1. The van der Waals surface area contributed by atoms with Crippen molar-refractivity contribution in [2.45, 2.75) is 71.4 Å². The van der Waals surface area contributed by atoms with Crippen molar-refractivity contribution in [1.82, 2.24) is 0 Å². The molecular weight excluding hydrogens is 204 g/mol. The predicted octanol–water partition coefficient (Wildman–Crippen LogP) is 1.96. The molecule has 1 aliphatic rings. The normalized spacial score (nSPS) is 42.4. The Kier molecular flexibility index (Phi) is 4.38. The molecule has 0 radical (unpaired) electrons. The van der Waals surface area contributed by atoms with E-state index >= 15 is 0 Å². The summed E-state index contributed by atoms with van der Waals surface area (Å²) in [7, 11) is 0. The number of hydrogen-bond donors (Lipinski definition) is 2. The predicted molar refractivity (Wildman–Crippen MR) is 64.2 cm³/mol. The number of aliphatic hydroxyl groups excluding tert-OH is 2. The highest BCUT2D eigenvalue weighted by atomic mass is 16.5. The van der Waals surface area contributed by atoms with Gasteiger partial charge in [0.05, 0.1) is 18.3 Å². The third-order valence-electron chi connectivity index (χ3n) is 3.91. The second-order valence-corrected chi connectivity index (χ2v) is 5.66. The van der Waals surface area contributed by atoms with Crippen molar-refractivity contribution in [3.63, 3.8) is 0 Å². The summed E-state index contributed by atoms with van der Waals surface area (Å²) in [5, 5.41) is 20.1. The van der Waals surface area contributed by atoms with Crippen LogP contribution in [0.2, 0.25) is 0 Å². The first kappa shape index (κ1) is 13.9. The molecule has 3 nitrogen and oxygen atoms in total. The Bertz CT molecular complexity index is 229. The lowest BCUT2D eigenvalue weighted by Gasteiger charge is -2.48. The monoisotopic (exact) mass is 230 g/mol. The van der Waals surface area contributed by atoms with Crippen molar-refractivity contribution in [3.8, 4) is 0 Å². The Morgan fingerprint density at radius 1 is 1.44 bits per heavy atom. The summed E-state index contributed by atoms with van der Waals surface area (Å²) in [5.74, 6) is 0.748. The molecule has 16 heavy (non-hydrogen) atoms. The maximum atomic E-state index is 10.1. The van der Waals surface area contributed by atoms with E-state index in [1.807, 2.05) is 13.8 Å². The van der Waals surface area contributed by atoms with E-state index in [1.54, 1.807) is 0 Å². The molecular formula is C13H26O3. The van der Waals surface area contributed by atoms with Crippen LogP contribution in [0.25, 0.3) is 0 Å². The van der Waals surface area contributed by atoms with E-state index in [0.717, 1.165) is 0 Å². The van der Waals surface area contributed by atoms with E-state index in [1.165, 1.54) is 0 Å². The highest BCUT2D eigenvalue weighted by molar-refractivity contribution is 4.97. The summed E-state index contributed by atoms with van der Waals surface area (Å²) in [6.45, 7) is 10.1. The van der Waals surface area contributed by atoms with E-state index in [-0.39, 0.29) is 6.10 Å². The van der Waals surface area contributed by atoms with Gasteiger partial charge in [-0.1, -0.05) is 27.7 Å². The van der Waals surface area contributed by atoms with Gasteiger partial charge in [0.25, 0.3) is 0 Å². The van der Waals surface area contributed by atoms with E-state index in [9.17, 15) is 10.2 Å². The molecule has 5 unspecified atom stereocenters. The van der Waals surface area contributed by atoms with Crippen LogP contribution >= 0.6 is 0 Å². The summed E-state index contributed by atoms with van der Waals surface area (Å²) in [6.07, 6.45) is 0.252. The van der Waals surface area contributed by atoms with Crippen LogP contribution < -0.4 is 0 Å². The lowest BCUT2D eigenvalue weighted by Crippen LogP contribution is -2.59. The average molecular weight is 230 g/mol. The Hall–Kier alpha value is -0.120. The minimum atomic E-state index is -0.809. The quantitative estimate of drug-likeness (QED) is 0.779. The molecule has 1 heterocycles. The maximum Gasteiger partial charge on any atom is 0.117 e. The SMILES string of the molecule is CCC(O)C1(C)OC(C(C)C)C(C)CC1O. The number of aliphatic hydroxyl groups is 2. The molecule has 96 valence electrons. The van der Waals surface area contributed by atoms with Crippen molar-refractivity contribution in [2.24, 2.45) is 11.8 Å². The van der Waals surface area contributed by atoms with E-state index in [2.05, 4.69) is 20.8 Å². The highest BCUT2D eigenvalue weighted by Crippen LogP contribution is 2.38. The van der Waals surface area contributed by atoms with Gasteiger partial charge in [-0.3, -0.25) is 0 Å². The highest BCUT2D eigenvalue weighted by Gasteiger charge is 2.48. The van der Waals surface area contributed by atoms with Crippen LogP contribution in [-0.4, -0.2) is 34.1 Å². The lowest BCUT2D eigenvalue weighted by atomic mass is 9.78. The van der Waals surface area contributed by atoms with Gasteiger partial charge in [0.15, 0.2) is 0 Å². The maximum absolute atomic E-state index is 10.1. The molecule has 1 fully saturated rings. The molecule has 5 atom stereocenters. The molecule has 1 aliphatic heterocycles. The average Bonchev–Trinajstić information content (AvgIpc) is 2.21. The van der Waals surface area contributed by atoms with Crippen LogP contribution in [0.3, 0.4) is 0 Å². The van der Waals surface area contributed by atoms with Crippen LogP contribution in [0.5, 0.6) is 0 Å². The lowest BCUT2D eigenvalue weighted by molar-refractivity contribution is -0.247. The van der Waals surface area contributed by atoms with Gasteiger partial charge >= 0.3 is 0 Å². The Morgan fingerprint density at radius 3 is 2.44 bits per heavy atom. The van der Waals surface area contributed by atoms with Crippen molar-refractivity contribution in [2.75, 3.05) is 0 Å². The number of ether oxygens (including phenoxy) is 1. The van der Waals surface area contributed by atoms with E-state index in [0.29, 0.717) is 24.7 Å². The van der Waals surface area contributed by atoms with Crippen molar-refractivity contribution in [1.29, 1.82) is 0 Å². The number of hydrogen-bond acceptors (Lipinski definition) is 3. The summed E-state index contributed by atoms with van der Waals surface area (Å²) in [6, 6.07) is 0. The fourth-order valence-electron chi connectivity index (χ4n) is 2.71. The van der Waals surface area contributed by atoms with Crippen molar-refractivity contribution < 1.29 is 14.9 Å². The third kappa shape index (κ3) is 2.41. The Morgan fingerprint density at radius 2 is 2.00 bits per heavy atom. The van der Waals surface area contributed by atoms with Crippen LogP contribution in [0.15, 0.2) is 0 Å². The molecule has 0 aromatic carbocycles. The molecule has 0 amide bonds. The van der Waals surface area contributed by atoms with Gasteiger partial charge < -0.3 is 14.9 Å². The molecule has 3 heteroatoms. The van der Waals surface area contributed by atoms with E-state index < -0.39 is 17.8 Å². The zero-order valence-electron chi connectivity index (χ0n) is 11.1. The van der Waals surface area contributed by atoms with Crippen LogP contribution in [0, 0.1) is 11.8 Å². The zero-order chi connectivity index (χ0) is 12.5. The summed E-state index contributed by atoms with van der Waals surface area (Å²) < 4.78 is 6.01. The van der Waals surface area contributed by atoms with Gasteiger partial charge in [0, 0.05) is 0 Å². The summed E-state index contributed by atoms with van der Waals surface area (Å²) in [5.41, 5.74) is -0.809. The molecule has 0 aromatic rings. The first-order chi connectivity index (χ1) is 7.32. The molecule has 0 bridgehead atoms. The molecule has 0 saturated carbocycles. The Balaban J connectivity index is 2.86. The standard InChI is InChI=1S/C13H26O3/c1-6-10(14)13(5)11(15)7-9(4)12(16-13)8(2)3/h8-12,14-15H,6-7H2,1-5H3. The fraction of sp³-hybridized carbons (Fsp3) is 1.00. The smallest absolute Gasteiger partial charge is 0.117 e. The van der Waals surface area contributed by atoms with Crippen molar-refractivity contribution in [3.05, 3.63) is 0 Å². The summed E-state index contributed by atoms with van der Waals surface area (Å²) in [4.78, 5) is 0. The molecule has 2 N–H and O–H groups in total. The third-order valence-corrected chi connectivity index (χ3v) is 3.91. The summed E-state index contributed by atoms with van der Waals surface area (Å²) >= 11 is 0. The molecule has 0 spiro atoms. The molecule has 0 aromatic heterocycles. The van der Waals surface area contributed by atoms with Crippen LogP contribution in [0.1, 0.15) is 47.5 Å². The molecule has 0 aliphatic carbocycles. The van der Waals surface area contributed by atoms with Crippen LogP contribution in [0.4, 0.5) is 0 Å². The second-order valence-electron chi connectivity index (χ2n) is 5.66. The second kappa shape index (κ2) is 5.03. The van der Waals surface area contributed by atoms with Gasteiger partial charge in [-0.15, -0.1) is 0 Å². The number of rotatable bonds is 3. The fourth-order valence-corrected chi connectivity index (χ4v) is 2.71. The van der Waals surface area contributed by atoms with Gasteiger partial charge in [0.2, 0.25) is 0 Å². The van der Waals surface area contributed by atoms with Gasteiger partial charge in [-0.25, -0.2) is 0 Å². The minimum absolute atomic E-state index is 0.120. The van der Waals surface area contributed by atoms with Gasteiger partial charge in [-0.05, 0) is 31.6 Å². The molecule has 1 rings (SSSR count). The largest absolute Gasteiger partial charge is 0.390 e. The van der Waals surface area contributed by atoms with Gasteiger partial charge in [0.1, 0.15) is 5.60 Å². The minimum Gasteiger partial charge on any atom is -0.390 e. The topological polar surface area (TPSA) is 49.7 Å². The van der Waals surface area contributed by atoms with Crippen molar-refractivity contribution >= 4 is 0 Å². The van der Waals surface area contributed by atoms with Crippen LogP contribution in [-0.2, 0) is 4.74 Å². The first-order valence-electron chi connectivity index (χ1n) is 6.36. The molecule has 1 saturated heterocycles.